The topological polar surface area (TPSA) is 26.3 Å². The van der Waals surface area contributed by atoms with Crippen molar-refractivity contribution in [1.82, 2.24) is 0 Å². The molecule has 0 bridgehead atoms. The Bertz CT molecular complexity index is 651. The molecule has 2 nitrogen and oxygen atoms in total. The van der Waals surface area contributed by atoms with E-state index in [9.17, 15) is 4.79 Å². The molecule has 104 valence electrons. The van der Waals surface area contributed by atoms with Crippen LogP contribution < -0.4 is 4.74 Å². The van der Waals surface area contributed by atoms with Crippen molar-refractivity contribution in [3.63, 3.8) is 0 Å². The van der Waals surface area contributed by atoms with Gasteiger partial charge < -0.3 is 4.74 Å². The molecule has 2 aromatic carbocycles. The first-order valence-electron chi connectivity index (χ1n) is 6.15. The maximum Gasteiger partial charge on any atom is 0.200 e. The van der Waals surface area contributed by atoms with E-state index in [-0.39, 0.29) is 12.4 Å². The van der Waals surface area contributed by atoms with Crippen molar-refractivity contribution >= 4 is 29.0 Å². The third kappa shape index (κ3) is 3.53. The number of Topliss-reactive ketones (excluding diaryl/α,β-unsaturated/α-hetero) is 1. The minimum atomic E-state index is -0.0720. The molecule has 0 unspecified atom stereocenters. The molecule has 2 aromatic rings. The Balaban J connectivity index is 2.10. The molecule has 0 amide bonds. The molecule has 0 heterocycles. The normalized spacial score (nSPS) is 10.4. The van der Waals surface area contributed by atoms with E-state index in [2.05, 4.69) is 0 Å². The molecule has 0 aliphatic heterocycles. The highest BCUT2D eigenvalue weighted by Crippen LogP contribution is 2.27. The highest BCUT2D eigenvalue weighted by atomic mass is 35.5. The molecular formula is C16H14Cl2O2. The fraction of sp³-hybridized carbons (Fsp3) is 0.188. The number of ether oxygens (including phenoxy) is 1. The fourth-order valence-corrected chi connectivity index (χ4v) is 2.31. The number of carbonyl (C=O) groups is 1. The molecule has 0 radical (unpaired) electrons. The lowest BCUT2D eigenvalue weighted by atomic mass is 10.0. The smallest absolute Gasteiger partial charge is 0.200 e. The van der Waals surface area contributed by atoms with E-state index in [4.69, 9.17) is 27.9 Å². The Morgan fingerprint density at radius 1 is 1.10 bits per heavy atom. The van der Waals surface area contributed by atoms with Crippen LogP contribution in [0.15, 0.2) is 36.4 Å². The maximum atomic E-state index is 12.2. The lowest BCUT2D eigenvalue weighted by Crippen LogP contribution is -2.13. The van der Waals surface area contributed by atoms with Gasteiger partial charge in [0.25, 0.3) is 0 Å². The highest BCUT2D eigenvalue weighted by Gasteiger charge is 2.11. The van der Waals surface area contributed by atoms with Crippen LogP contribution in [0.4, 0.5) is 0 Å². The molecule has 0 saturated heterocycles. The summed E-state index contributed by atoms with van der Waals surface area (Å²) in [6.07, 6.45) is 0. The summed E-state index contributed by atoms with van der Waals surface area (Å²) < 4.78 is 5.46. The number of hydrogen-bond acceptors (Lipinski definition) is 2. The highest BCUT2D eigenvalue weighted by molar-refractivity contribution is 6.35. The van der Waals surface area contributed by atoms with Crippen LogP contribution in [0.2, 0.25) is 10.0 Å². The summed E-state index contributed by atoms with van der Waals surface area (Å²) in [6.45, 7) is 3.81. The summed E-state index contributed by atoms with van der Waals surface area (Å²) in [5.41, 5.74) is 2.66. The molecular weight excluding hydrogens is 295 g/mol. The van der Waals surface area contributed by atoms with Gasteiger partial charge in [-0.15, -0.1) is 0 Å². The average Bonchev–Trinajstić information content (AvgIpc) is 2.40. The Labute approximate surface area is 128 Å². The first-order valence-corrected chi connectivity index (χ1v) is 6.91. The molecule has 0 aliphatic carbocycles. The minimum Gasteiger partial charge on any atom is -0.484 e. The fourth-order valence-electron chi connectivity index (χ4n) is 1.85. The van der Waals surface area contributed by atoms with E-state index in [1.54, 1.807) is 18.2 Å². The first kappa shape index (κ1) is 14.9. The van der Waals surface area contributed by atoms with Gasteiger partial charge in [-0.3, -0.25) is 4.79 Å². The van der Waals surface area contributed by atoms with Crippen molar-refractivity contribution in [3.8, 4) is 5.75 Å². The molecule has 0 aromatic heterocycles. The zero-order chi connectivity index (χ0) is 14.7. The number of halogens is 2. The van der Waals surface area contributed by atoms with E-state index < -0.39 is 0 Å². The van der Waals surface area contributed by atoms with Crippen LogP contribution >= 0.6 is 23.2 Å². The van der Waals surface area contributed by atoms with Crippen LogP contribution in [0.1, 0.15) is 21.5 Å². The van der Waals surface area contributed by atoms with Gasteiger partial charge >= 0.3 is 0 Å². The van der Waals surface area contributed by atoms with Gasteiger partial charge in [0.15, 0.2) is 12.4 Å². The summed E-state index contributed by atoms with van der Waals surface area (Å²) in [4.78, 5) is 12.2. The van der Waals surface area contributed by atoms with E-state index >= 15 is 0 Å². The van der Waals surface area contributed by atoms with E-state index in [0.717, 1.165) is 11.1 Å². The standard InChI is InChI=1S/C16H14Cl2O2/c1-10-3-4-11(2)13(7-10)15(19)9-20-16-6-5-12(17)8-14(16)18/h3-8H,9H2,1-2H3. The van der Waals surface area contributed by atoms with Crippen molar-refractivity contribution < 1.29 is 9.53 Å². The Kier molecular flexibility index (Phi) is 4.69. The van der Waals surface area contributed by atoms with Crippen molar-refractivity contribution in [3.05, 3.63) is 63.1 Å². The van der Waals surface area contributed by atoms with Gasteiger partial charge in [0, 0.05) is 10.6 Å². The third-order valence-electron chi connectivity index (χ3n) is 2.95. The number of ketones is 1. The molecule has 2 rings (SSSR count). The monoisotopic (exact) mass is 308 g/mol. The number of hydrogen-bond donors (Lipinski definition) is 0. The zero-order valence-electron chi connectivity index (χ0n) is 11.2. The lowest BCUT2D eigenvalue weighted by Gasteiger charge is -2.09. The van der Waals surface area contributed by atoms with Crippen molar-refractivity contribution in [2.75, 3.05) is 6.61 Å². The van der Waals surface area contributed by atoms with Crippen LogP contribution in [0.5, 0.6) is 5.75 Å². The van der Waals surface area contributed by atoms with Gasteiger partial charge in [0.05, 0.1) is 5.02 Å². The van der Waals surface area contributed by atoms with Gasteiger partial charge in [0.2, 0.25) is 0 Å². The number of rotatable bonds is 4. The van der Waals surface area contributed by atoms with Gasteiger partial charge in [0.1, 0.15) is 5.75 Å². The molecule has 0 fully saturated rings. The van der Waals surface area contributed by atoms with Crippen LogP contribution in [-0.2, 0) is 0 Å². The largest absolute Gasteiger partial charge is 0.484 e. The van der Waals surface area contributed by atoms with E-state index in [1.807, 2.05) is 32.0 Å². The summed E-state index contributed by atoms with van der Waals surface area (Å²) in [6, 6.07) is 10.7. The summed E-state index contributed by atoms with van der Waals surface area (Å²) in [5, 5.41) is 0.925. The molecule has 0 spiro atoms. The summed E-state index contributed by atoms with van der Waals surface area (Å²) in [5.74, 6) is 0.381. The second-order valence-electron chi connectivity index (χ2n) is 4.60. The van der Waals surface area contributed by atoms with Crippen LogP contribution in [0.3, 0.4) is 0 Å². The zero-order valence-corrected chi connectivity index (χ0v) is 12.8. The Hall–Kier alpha value is -1.51. The summed E-state index contributed by atoms with van der Waals surface area (Å²) >= 11 is 11.8. The SMILES string of the molecule is Cc1ccc(C)c(C(=O)COc2ccc(Cl)cc2Cl)c1. The molecule has 0 aliphatic rings. The van der Waals surface area contributed by atoms with Gasteiger partial charge in [-0.2, -0.15) is 0 Å². The van der Waals surface area contributed by atoms with Crippen LogP contribution in [0.25, 0.3) is 0 Å². The average molecular weight is 309 g/mol. The van der Waals surface area contributed by atoms with Crippen molar-refractivity contribution in [1.29, 1.82) is 0 Å². The van der Waals surface area contributed by atoms with Gasteiger partial charge in [-0.25, -0.2) is 0 Å². The number of aryl methyl sites for hydroxylation is 2. The van der Waals surface area contributed by atoms with Crippen LogP contribution in [-0.4, -0.2) is 12.4 Å². The Morgan fingerprint density at radius 2 is 1.85 bits per heavy atom. The number of benzene rings is 2. The molecule has 0 atom stereocenters. The predicted octanol–water partition coefficient (Wildman–Crippen LogP) is 4.87. The van der Waals surface area contributed by atoms with Gasteiger partial charge in [-0.05, 0) is 43.7 Å². The second-order valence-corrected chi connectivity index (χ2v) is 5.45. The number of carbonyl (C=O) groups excluding carboxylic acids is 1. The molecule has 0 N–H and O–H groups in total. The van der Waals surface area contributed by atoms with Crippen molar-refractivity contribution in [2.24, 2.45) is 0 Å². The quantitative estimate of drug-likeness (QED) is 0.753. The second kappa shape index (κ2) is 6.29. The lowest BCUT2D eigenvalue weighted by molar-refractivity contribution is 0.0921. The Morgan fingerprint density at radius 3 is 2.55 bits per heavy atom. The van der Waals surface area contributed by atoms with Gasteiger partial charge in [-0.1, -0.05) is 40.9 Å². The third-order valence-corrected chi connectivity index (χ3v) is 3.48. The predicted molar refractivity (Wildman–Crippen MR) is 82.2 cm³/mol. The maximum absolute atomic E-state index is 12.2. The summed E-state index contributed by atoms with van der Waals surface area (Å²) in [7, 11) is 0. The van der Waals surface area contributed by atoms with E-state index in [1.165, 1.54) is 0 Å². The first-order chi connectivity index (χ1) is 9.47. The molecule has 20 heavy (non-hydrogen) atoms. The van der Waals surface area contributed by atoms with Crippen LogP contribution in [0, 0.1) is 13.8 Å². The molecule has 0 saturated carbocycles. The molecule has 4 heteroatoms. The minimum absolute atomic E-state index is 0.0500. The van der Waals surface area contributed by atoms with E-state index in [0.29, 0.717) is 21.4 Å². The van der Waals surface area contributed by atoms with Crippen molar-refractivity contribution in [2.45, 2.75) is 13.8 Å².